The van der Waals surface area contributed by atoms with Gasteiger partial charge in [-0.05, 0) is 31.0 Å². The Morgan fingerprint density at radius 2 is 1.84 bits per heavy atom. The minimum atomic E-state index is -0.217. The minimum absolute atomic E-state index is 0.0623. The Hall–Kier alpha value is -3.13. The third-order valence-corrected chi connectivity index (χ3v) is 5.80. The maximum Gasteiger partial charge on any atom is 0.244 e. The van der Waals surface area contributed by atoms with Crippen molar-refractivity contribution in [3.8, 4) is 5.75 Å². The van der Waals surface area contributed by atoms with Gasteiger partial charge in [-0.3, -0.25) is 19.3 Å². The predicted octanol–water partition coefficient (Wildman–Crippen LogP) is 1.78. The molecule has 0 unspecified atom stereocenters. The van der Waals surface area contributed by atoms with Crippen LogP contribution in [-0.4, -0.2) is 59.5 Å². The number of ether oxygens (including phenoxy) is 1. The molecule has 166 valence electrons. The second-order valence-electron chi connectivity index (χ2n) is 7.90. The number of hydrogen-bond donors (Lipinski definition) is 1. The van der Waals surface area contributed by atoms with E-state index >= 15 is 0 Å². The van der Waals surface area contributed by atoms with Crippen LogP contribution in [0, 0.1) is 13.8 Å². The fourth-order valence-corrected chi connectivity index (χ4v) is 3.71. The molecule has 8 heteroatoms. The first kappa shape index (κ1) is 22.6. The van der Waals surface area contributed by atoms with Crippen LogP contribution >= 0.6 is 0 Å². The van der Waals surface area contributed by atoms with E-state index in [0.29, 0.717) is 32.7 Å². The molecular formula is C23H30N4O4. The average Bonchev–Trinajstić information content (AvgIpc) is 2.73. The summed E-state index contributed by atoms with van der Waals surface area (Å²) in [5.41, 5.74) is 3.43. The number of carbonyl (C=O) groups is 2. The largest absolute Gasteiger partial charge is 0.491 e. The highest BCUT2D eigenvalue weighted by Crippen LogP contribution is 2.18. The summed E-state index contributed by atoms with van der Waals surface area (Å²) in [6, 6.07) is 7.32. The van der Waals surface area contributed by atoms with Crippen molar-refractivity contribution in [3.05, 3.63) is 57.5 Å². The third kappa shape index (κ3) is 5.52. The first-order chi connectivity index (χ1) is 14.8. The Bertz CT molecular complexity index is 1020. The van der Waals surface area contributed by atoms with Crippen LogP contribution in [0.2, 0.25) is 0 Å². The quantitative estimate of drug-likeness (QED) is 0.761. The second kappa shape index (κ2) is 9.78. The van der Waals surface area contributed by atoms with Gasteiger partial charge in [0, 0.05) is 57.1 Å². The molecule has 2 amide bonds. The number of rotatable bonds is 6. The number of aryl methyl sites for hydroxylation is 1. The van der Waals surface area contributed by atoms with Crippen molar-refractivity contribution in [2.45, 2.75) is 33.9 Å². The van der Waals surface area contributed by atoms with Gasteiger partial charge in [-0.15, -0.1) is 0 Å². The van der Waals surface area contributed by atoms with E-state index in [2.05, 4.69) is 10.2 Å². The zero-order chi connectivity index (χ0) is 22.5. The zero-order valence-electron chi connectivity index (χ0n) is 18.6. The highest BCUT2D eigenvalue weighted by molar-refractivity contribution is 5.91. The second-order valence-corrected chi connectivity index (χ2v) is 7.90. The Balaban J connectivity index is 1.77. The monoisotopic (exact) mass is 426 g/mol. The van der Waals surface area contributed by atoms with Gasteiger partial charge in [0.1, 0.15) is 6.54 Å². The highest BCUT2D eigenvalue weighted by atomic mass is 16.5. The number of nitrogens with one attached hydrogen (secondary N) is 1. The van der Waals surface area contributed by atoms with Crippen LogP contribution < -0.4 is 15.5 Å². The van der Waals surface area contributed by atoms with Crippen molar-refractivity contribution in [3.63, 3.8) is 0 Å². The van der Waals surface area contributed by atoms with Crippen LogP contribution in [0.1, 0.15) is 23.7 Å². The van der Waals surface area contributed by atoms with Gasteiger partial charge in [-0.2, -0.15) is 0 Å². The maximum absolute atomic E-state index is 12.8. The maximum atomic E-state index is 12.8. The summed E-state index contributed by atoms with van der Waals surface area (Å²) in [7, 11) is 1.44. The normalized spacial score (nSPS) is 14.4. The lowest BCUT2D eigenvalue weighted by molar-refractivity contribution is -0.130. The van der Waals surface area contributed by atoms with Gasteiger partial charge >= 0.3 is 0 Å². The number of aromatic nitrogens is 1. The lowest BCUT2D eigenvalue weighted by atomic mass is 10.1. The predicted molar refractivity (Wildman–Crippen MR) is 119 cm³/mol. The lowest BCUT2D eigenvalue weighted by Crippen LogP contribution is -2.47. The molecular weight excluding hydrogens is 396 g/mol. The van der Waals surface area contributed by atoms with E-state index in [4.69, 9.17) is 4.74 Å². The van der Waals surface area contributed by atoms with Crippen molar-refractivity contribution in [1.82, 2.24) is 14.4 Å². The molecule has 0 spiro atoms. The van der Waals surface area contributed by atoms with Crippen LogP contribution in [0.25, 0.3) is 0 Å². The number of nitrogens with zero attached hydrogens (tertiary/aromatic N) is 3. The summed E-state index contributed by atoms with van der Waals surface area (Å²) in [6.07, 6.45) is 1.59. The smallest absolute Gasteiger partial charge is 0.244 e. The van der Waals surface area contributed by atoms with Gasteiger partial charge in [-0.25, -0.2) is 0 Å². The summed E-state index contributed by atoms with van der Waals surface area (Å²) in [6.45, 7) is 8.87. The number of anilines is 1. The van der Waals surface area contributed by atoms with Crippen LogP contribution in [0.3, 0.4) is 0 Å². The summed E-state index contributed by atoms with van der Waals surface area (Å²) in [4.78, 5) is 40.7. The summed E-state index contributed by atoms with van der Waals surface area (Å²) in [5, 5.41) is 2.96. The number of piperazine rings is 1. The van der Waals surface area contributed by atoms with Gasteiger partial charge in [0.2, 0.25) is 17.2 Å². The average molecular weight is 427 g/mol. The summed E-state index contributed by atoms with van der Waals surface area (Å²) < 4.78 is 6.94. The van der Waals surface area contributed by atoms with Crippen LogP contribution in [0.15, 0.2) is 35.3 Å². The molecule has 1 aliphatic rings. The van der Waals surface area contributed by atoms with E-state index in [1.807, 2.05) is 36.9 Å². The van der Waals surface area contributed by atoms with Crippen LogP contribution in [0.4, 0.5) is 5.69 Å². The van der Waals surface area contributed by atoms with Crippen molar-refractivity contribution in [1.29, 1.82) is 0 Å². The number of hydrogen-bond acceptors (Lipinski definition) is 5. The van der Waals surface area contributed by atoms with E-state index in [1.54, 1.807) is 17.7 Å². The van der Waals surface area contributed by atoms with E-state index in [-0.39, 0.29) is 29.5 Å². The molecule has 0 saturated carbocycles. The third-order valence-electron chi connectivity index (χ3n) is 5.80. The molecule has 2 heterocycles. The Morgan fingerprint density at radius 1 is 1.13 bits per heavy atom. The number of carbonyl (C=O) groups excluding carboxylic acids is 2. The van der Waals surface area contributed by atoms with Gasteiger partial charge in [0.25, 0.3) is 0 Å². The van der Waals surface area contributed by atoms with E-state index in [0.717, 1.165) is 22.5 Å². The fourth-order valence-electron chi connectivity index (χ4n) is 3.71. The first-order valence-electron chi connectivity index (χ1n) is 10.4. The molecule has 0 aliphatic carbocycles. The molecule has 1 fully saturated rings. The molecule has 1 aromatic carbocycles. The molecule has 1 N–H and O–H groups in total. The zero-order valence-corrected chi connectivity index (χ0v) is 18.6. The topological polar surface area (TPSA) is 83.9 Å². The Morgan fingerprint density at radius 3 is 2.48 bits per heavy atom. The number of methoxy groups -OCH3 is 1. The lowest BCUT2D eigenvalue weighted by Gasteiger charge is -2.34. The Kier molecular flexibility index (Phi) is 7.12. The van der Waals surface area contributed by atoms with E-state index < -0.39 is 0 Å². The van der Waals surface area contributed by atoms with Gasteiger partial charge in [-0.1, -0.05) is 12.1 Å². The van der Waals surface area contributed by atoms with Crippen molar-refractivity contribution >= 4 is 17.5 Å². The molecule has 1 saturated heterocycles. The van der Waals surface area contributed by atoms with Gasteiger partial charge in [0.15, 0.2) is 5.75 Å². The molecule has 8 nitrogen and oxygen atoms in total. The van der Waals surface area contributed by atoms with Crippen LogP contribution in [0.5, 0.6) is 5.75 Å². The molecule has 2 aromatic rings. The van der Waals surface area contributed by atoms with Crippen molar-refractivity contribution in [2.24, 2.45) is 0 Å². The van der Waals surface area contributed by atoms with Crippen LogP contribution in [-0.2, 0) is 22.7 Å². The number of benzene rings is 1. The molecule has 0 bridgehead atoms. The first-order valence-corrected chi connectivity index (χ1v) is 10.4. The minimum Gasteiger partial charge on any atom is -0.491 e. The molecule has 1 aromatic heterocycles. The molecule has 1 aliphatic heterocycles. The van der Waals surface area contributed by atoms with E-state index in [9.17, 15) is 14.4 Å². The number of pyridine rings is 1. The molecule has 0 atom stereocenters. The standard InChI is InChI=1S/C23H30N4O4/c1-16-6-5-7-20(17(16)2)24-23(30)15-27-14-22(31-4)21(29)12-19(27)13-25-8-10-26(11-9-25)18(3)28/h5-7,12,14H,8-11,13,15H2,1-4H3,(H,24,30). The molecule has 31 heavy (non-hydrogen) atoms. The highest BCUT2D eigenvalue weighted by Gasteiger charge is 2.20. The molecule has 3 rings (SSSR count). The fraction of sp³-hybridized carbons (Fsp3) is 0.435. The van der Waals surface area contributed by atoms with E-state index in [1.165, 1.54) is 13.2 Å². The molecule has 0 radical (unpaired) electrons. The number of amides is 2. The van der Waals surface area contributed by atoms with Gasteiger partial charge < -0.3 is 19.5 Å². The van der Waals surface area contributed by atoms with Crippen molar-refractivity contribution in [2.75, 3.05) is 38.6 Å². The Labute approximate surface area is 182 Å². The van der Waals surface area contributed by atoms with Crippen molar-refractivity contribution < 1.29 is 14.3 Å². The van der Waals surface area contributed by atoms with Gasteiger partial charge in [0.05, 0.1) is 13.3 Å². The summed E-state index contributed by atoms with van der Waals surface area (Å²) in [5.74, 6) is 0.0934. The SMILES string of the molecule is COc1cn(CC(=O)Nc2cccc(C)c2C)c(CN2CCN(C(C)=O)CC2)cc1=O. The summed E-state index contributed by atoms with van der Waals surface area (Å²) >= 11 is 0.